The first kappa shape index (κ1) is 36.3. The van der Waals surface area contributed by atoms with Gasteiger partial charge in [-0.15, -0.1) is 0 Å². The molecule has 5 heteroatoms. The summed E-state index contributed by atoms with van der Waals surface area (Å²) in [5.41, 5.74) is 12.1. The Hall–Kier alpha value is -8.02. The number of hydrogen-bond acceptors (Lipinski definition) is 5. The summed E-state index contributed by atoms with van der Waals surface area (Å²) in [5.74, 6) is 0. The molecule has 0 fully saturated rings. The van der Waals surface area contributed by atoms with Gasteiger partial charge in [-0.1, -0.05) is 122 Å². The predicted octanol–water partition coefficient (Wildman–Crippen LogP) is 15.4. The van der Waals surface area contributed by atoms with Crippen LogP contribution in [-0.2, 0) is 0 Å². The van der Waals surface area contributed by atoms with Crippen LogP contribution in [0, 0.1) is 0 Å². The van der Waals surface area contributed by atoms with Crippen LogP contribution >= 0.6 is 0 Å². The molecule has 0 atom stereocenters. The lowest BCUT2D eigenvalue weighted by Gasteiger charge is -2.28. The fourth-order valence-corrected chi connectivity index (χ4v) is 8.52. The van der Waals surface area contributed by atoms with Gasteiger partial charge in [0.15, 0.2) is 0 Å². The molecule has 0 saturated heterocycles. The highest BCUT2D eigenvalue weighted by molar-refractivity contribution is 6.30. The van der Waals surface area contributed by atoms with E-state index in [1.165, 1.54) is 0 Å². The van der Waals surface area contributed by atoms with Gasteiger partial charge in [-0.25, -0.2) is 0 Å². The number of allylic oxidation sites excluding steroid dienone is 5. The second-order valence-electron chi connectivity index (χ2n) is 14.6. The molecule has 0 bridgehead atoms. The molecule has 10 aromatic rings. The normalized spacial score (nSPS) is 11.8. The van der Waals surface area contributed by atoms with Crippen molar-refractivity contribution in [3.63, 3.8) is 0 Å². The second kappa shape index (κ2) is 15.7. The third kappa shape index (κ3) is 6.39. The topological polar surface area (TPSA) is 45.4 Å². The molecule has 5 nitrogen and oxygen atoms in total. The lowest BCUT2D eigenvalue weighted by atomic mass is 9.96. The monoisotopic (exact) mass is 772 g/mol. The lowest BCUT2D eigenvalue weighted by molar-refractivity contribution is 0.673. The highest BCUT2D eigenvalue weighted by atomic mass is 16.3. The number of aromatic nitrogens is 2. The van der Waals surface area contributed by atoms with Crippen molar-refractivity contribution < 1.29 is 4.42 Å². The largest absolute Gasteiger partial charge is 0.455 e. The third-order valence-electron chi connectivity index (χ3n) is 11.1. The molecule has 0 aliphatic heterocycles. The van der Waals surface area contributed by atoms with E-state index in [4.69, 9.17) is 4.42 Å². The molecule has 0 aliphatic rings. The minimum absolute atomic E-state index is 0.805. The number of rotatable bonds is 10. The molecule has 60 heavy (non-hydrogen) atoms. The van der Waals surface area contributed by atoms with Crippen LogP contribution in [0.25, 0.3) is 60.2 Å². The number of pyridine rings is 2. The maximum atomic E-state index is 7.04. The smallest absolute Gasteiger partial charge is 0.143 e. The Morgan fingerprint density at radius 2 is 1.18 bits per heavy atom. The van der Waals surface area contributed by atoms with E-state index < -0.39 is 0 Å². The van der Waals surface area contributed by atoms with Gasteiger partial charge in [0.2, 0.25) is 0 Å². The Labute approximate surface area is 349 Å². The highest BCUT2D eigenvalue weighted by Crippen LogP contribution is 2.47. The van der Waals surface area contributed by atoms with Crippen molar-refractivity contribution in [1.29, 1.82) is 0 Å². The van der Waals surface area contributed by atoms with Gasteiger partial charge in [-0.2, -0.15) is 0 Å². The minimum atomic E-state index is 0.805. The predicted molar refractivity (Wildman–Crippen MR) is 252 cm³/mol. The van der Waals surface area contributed by atoms with Crippen molar-refractivity contribution in [3.8, 4) is 11.1 Å². The number of anilines is 6. The van der Waals surface area contributed by atoms with Crippen LogP contribution < -0.4 is 9.80 Å². The summed E-state index contributed by atoms with van der Waals surface area (Å²) >= 11 is 0. The Morgan fingerprint density at radius 3 is 1.90 bits per heavy atom. The van der Waals surface area contributed by atoms with Gasteiger partial charge >= 0.3 is 0 Å². The van der Waals surface area contributed by atoms with Gasteiger partial charge in [0.1, 0.15) is 11.2 Å². The van der Waals surface area contributed by atoms with Crippen LogP contribution in [0.2, 0.25) is 0 Å². The zero-order valence-electron chi connectivity index (χ0n) is 33.1. The first-order valence-electron chi connectivity index (χ1n) is 20.1. The van der Waals surface area contributed by atoms with Gasteiger partial charge in [0.05, 0.1) is 35.1 Å². The maximum absolute atomic E-state index is 7.04. The highest BCUT2D eigenvalue weighted by Gasteiger charge is 2.23. The number of nitrogens with zero attached hydrogens (tertiary/aromatic N) is 4. The van der Waals surface area contributed by atoms with E-state index in [0.717, 1.165) is 99.9 Å². The summed E-state index contributed by atoms with van der Waals surface area (Å²) in [5, 5.41) is 6.62. The lowest BCUT2D eigenvalue weighted by Crippen LogP contribution is -2.12. The van der Waals surface area contributed by atoms with Crippen LogP contribution in [0.3, 0.4) is 0 Å². The van der Waals surface area contributed by atoms with E-state index in [0.29, 0.717) is 0 Å². The third-order valence-corrected chi connectivity index (χ3v) is 11.1. The number of furan rings is 1. The zero-order chi connectivity index (χ0) is 40.4. The average Bonchev–Trinajstić information content (AvgIpc) is 3.70. The Balaban J connectivity index is 1.18. The molecule has 0 saturated carbocycles. The van der Waals surface area contributed by atoms with E-state index in [1.807, 2.05) is 49.8 Å². The summed E-state index contributed by atoms with van der Waals surface area (Å²) in [7, 11) is 0. The van der Waals surface area contributed by atoms with Crippen LogP contribution in [0.5, 0.6) is 0 Å². The Kier molecular flexibility index (Phi) is 9.52. The molecular weight excluding hydrogens is 733 g/mol. The van der Waals surface area contributed by atoms with Crippen molar-refractivity contribution in [3.05, 3.63) is 225 Å². The van der Waals surface area contributed by atoms with E-state index in [-0.39, 0.29) is 0 Å². The first-order chi connectivity index (χ1) is 29.7. The number of benzene rings is 7. The molecule has 0 radical (unpaired) electrons. The van der Waals surface area contributed by atoms with Crippen molar-refractivity contribution in [2.24, 2.45) is 0 Å². The molecule has 7 aromatic carbocycles. The van der Waals surface area contributed by atoms with E-state index in [2.05, 4.69) is 190 Å². The molecule has 0 N–H and O–H groups in total. The summed E-state index contributed by atoms with van der Waals surface area (Å²) in [4.78, 5) is 13.6. The second-order valence-corrected chi connectivity index (χ2v) is 14.6. The minimum Gasteiger partial charge on any atom is -0.455 e. The fraction of sp³-hybridized carbons (Fsp3) is 0.0182. The average molecular weight is 773 g/mol. The number of para-hydroxylation sites is 2. The van der Waals surface area contributed by atoms with Gasteiger partial charge in [0, 0.05) is 57.1 Å². The molecule has 0 unspecified atom stereocenters. The molecule has 286 valence electrons. The zero-order valence-corrected chi connectivity index (χ0v) is 33.1. The molecule has 0 amide bonds. The van der Waals surface area contributed by atoms with Crippen LogP contribution in [-0.4, -0.2) is 9.97 Å². The maximum Gasteiger partial charge on any atom is 0.143 e. The Morgan fingerprint density at radius 1 is 0.550 bits per heavy atom. The molecular formula is C55H40N4O. The Bertz CT molecular complexity index is 3240. The van der Waals surface area contributed by atoms with Gasteiger partial charge in [-0.3, -0.25) is 9.97 Å². The van der Waals surface area contributed by atoms with Crippen molar-refractivity contribution in [1.82, 2.24) is 9.97 Å². The van der Waals surface area contributed by atoms with Crippen LogP contribution in [0.1, 0.15) is 12.5 Å². The summed E-state index contributed by atoms with van der Waals surface area (Å²) in [6.45, 7) is 6.03. The molecule has 10 rings (SSSR count). The summed E-state index contributed by atoms with van der Waals surface area (Å²) < 4.78 is 7.04. The van der Waals surface area contributed by atoms with E-state index >= 15 is 0 Å². The van der Waals surface area contributed by atoms with Crippen LogP contribution in [0.15, 0.2) is 224 Å². The van der Waals surface area contributed by atoms with Gasteiger partial charge in [0.25, 0.3) is 0 Å². The number of hydrogen-bond donors (Lipinski definition) is 0. The van der Waals surface area contributed by atoms with Crippen LogP contribution in [0.4, 0.5) is 34.1 Å². The molecule has 3 heterocycles. The van der Waals surface area contributed by atoms with E-state index in [9.17, 15) is 0 Å². The number of fused-ring (bicyclic) bond motifs is 8. The standard InChI is InChI=1S/C55H40N4O/c1-3-16-38(17-4-2)44-22-10-12-26-51(44)59(43-21-15-33-57-37-43)41-29-31-49-53(35-41)60-55-48-30-28-40(34-50(48)46-24-8-9-25-47(46)54(49)55)58(42-20-14-32-56-36-42)52-27-13-11-23-45(52)39-18-6-5-7-19-39/h3-37H,1H2,2H3/b17-4-,38-16+. The summed E-state index contributed by atoms with van der Waals surface area (Å²) in [6, 6.07) is 57.6. The molecule has 0 aliphatic carbocycles. The molecule has 0 spiro atoms. The first-order valence-corrected chi connectivity index (χ1v) is 20.1. The summed E-state index contributed by atoms with van der Waals surface area (Å²) in [6.07, 6.45) is 15.5. The van der Waals surface area contributed by atoms with Gasteiger partial charge in [-0.05, 0) is 101 Å². The van der Waals surface area contributed by atoms with Crippen molar-refractivity contribution in [2.45, 2.75) is 6.92 Å². The fourth-order valence-electron chi connectivity index (χ4n) is 8.52. The molecule has 3 aromatic heterocycles. The SMILES string of the molecule is C=C/C=C(\C=C/C)c1ccccc1N(c1cccnc1)c1ccc2c(c1)oc1c3ccc(N(c4cccnc4)c4ccccc4-c4ccccc4)cc3c3ccccc3c21. The quantitative estimate of drug-likeness (QED) is 0.102. The van der Waals surface area contributed by atoms with Crippen molar-refractivity contribution in [2.75, 3.05) is 9.80 Å². The van der Waals surface area contributed by atoms with Crippen molar-refractivity contribution >= 4 is 83.2 Å². The van der Waals surface area contributed by atoms with E-state index in [1.54, 1.807) is 6.20 Å². The van der Waals surface area contributed by atoms with Gasteiger partial charge < -0.3 is 14.2 Å².